The van der Waals surface area contributed by atoms with Crippen LogP contribution in [-0.2, 0) is 0 Å². The third-order valence-electron chi connectivity index (χ3n) is 3.69. The lowest BCUT2D eigenvalue weighted by atomic mass is 10.0. The Kier molecular flexibility index (Phi) is 3.85. The summed E-state index contributed by atoms with van der Waals surface area (Å²) in [6, 6.07) is 12.2. The van der Waals surface area contributed by atoms with E-state index in [1.165, 1.54) is 11.3 Å². The second-order valence-corrected chi connectivity index (χ2v) is 6.10. The average molecular weight is 286 g/mol. The molecule has 0 radical (unpaired) electrons. The lowest BCUT2D eigenvalue weighted by Crippen LogP contribution is -2.45. The maximum atomic E-state index is 12.7. The molecule has 1 fully saturated rings. The number of carbonyl (C=O) groups excluding carboxylic acids is 1. The summed E-state index contributed by atoms with van der Waals surface area (Å²) in [5, 5.41) is 1.99. The van der Waals surface area contributed by atoms with Crippen LogP contribution >= 0.6 is 11.3 Å². The van der Waals surface area contributed by atoms with E-state index in [4.69, 9.17) is 5.73 Å². The Labute approximate surface area is 123 Å². The van der Waals surface area contributed by atoms with Crippen molar-refractivity contribution in [2.24, 2.45) is 5.73 Å². The SMILES string of the molecule is NC1CCCN(C(=O)c2sccc2-c2ccccc2)C1. The highest BCUT2D eigenvalue weighted by Crippen LogP contribution is 2.29. The van der Waals surface area contributed by atoms with Gasteiger partial charge in [0.25, 0.3) is 5.91 Å². The van der Waals surface area contributed by atoms with Gasteiger partial charge in [-0.15, -0.1) is 11.3 Å². The molecule has 20 heavy (non-hydrogen) atoms. The van der Waals surface area contributed by atoms with Crippen molar-refractivity contribution >= 4 is 17.2 Å². The fourth-order valence-corrected chi connectivity index (χ4v) is 3.54. The number of amides is 1. The molecule has 1 saturated heterocycles. The molecule has 4 heteroatoms. The number of piperidine rings is 1. The summed E-state index contributed by atoms with van der Waals surface area (Å²) in [7, 11) is 0. The highest BCUT2D eigenvalue weighted by molar-refractivity contribution is 7.12. The van der Waals surface area contributed by atoms with Crippen molar-refractivity contribution in [2.75, 3.05) is 13.1 Å². The first-order valence-electron chi connectivity index (χ1n) is 6.93. The van der Waals surface area contributed by atoms with Crippen LogP contribution in [-0.4, -0.2) is 29.9 Å². The van der Waals surface area contributed by atoms with Crippen LogP contribution in [0.5, 0.6) is 0 Å². The van der Waals surface area contributed by atoms with Crippen molar-refractivity contribution in [1.82, 2.24) is 4.90 Å². The van der Waals surface area contributed by atoms with Gasteiger partial charge in [0.05, 0.1) is 4.88 Å². The number of thiophene rings is 1. The Morgan fingerprint density at radius 3 is 2.80 bits per heavy atom. The topological polar surface area (TPSA) is 46.3 Å². The quantitative estimate of drug-likeness (QED) is 0.922. The first kappa shape index (κ1) is 13.3. The zero-order valence-corrected chi connectivity index (χ0v) is 12.1. The van der Waals surface area contributed by atoms with E-state index in [0.717, 1.165) is 35.4 Å². The molecule has 1 aromatic carbocycles. The Morgan fingerprint density at radius 2 is 2.05 bits per heavy atom. The molecule has 0 aliphatic carbocycles. The molecule has 1 amide bonds. The van der Waals surface area contributed by atoms with E-state index in [9.17, 15) is 4.79 Å². The van der Waals surface area contributed by atoms with E-state index in [-0.39, 0.29) is 11.9 Å². The summed E-state index contributed by atoms with van der Waals surface area (Å²) in [5.74, 6) is 0.119. The lowest BCUT2D eigenvalue weighted by molar-refractivity contribution is 0.0714. The molecular formula is C16H18N2OS. The van der Waals surface area contributed by atoms with E-state index in [1.807, 2.05) is 46.7 Å². The summed E-state index contributed by atoms with van der Waals surface area (Å²) in [5.41, 5.74) is 8.10. The minimum atomic E-state index is 0.118. The van der Waals surface area contributed by atoms with E-state index < -0.39 is 0 Å². The van der Waals surface area contributed by atoms with Crippen LogP contribution in [0.25, 0.3) is 11.1 Å². The van der Waals surface area contributed by atoms with Gasteiger partial charge >= 0.3 is 0 Å². The fourth-order valence-electron chi connectivity index (χ4n) is 2.66. The normalized spacial score (nSPS) is 19.1. The second-order valence-electron chi connectivity index (χ2n) is 5.18. The van der Waals surface area contributed by atoms with Gasteiger partial charge in [-0.3, -0.25) is 4.79 Å². The summed E-state index contributed by atoms with van der Waals surface area (Å²) in [6.07, 6.45) is 2.01. The summed E-state index contributed by atoms with van der Waals surface area (Å²) >= 11 is 1.52. The minimum Gasteiger partial charge on any atom is -0.336 e. The van der Waals surface area contributed by atoms with Gasteiger partial charge in [0.2, 0.25) is 0 Å². The molecule has 0 saturated carbocycles. The predicted octanol–water partition coefficient (Wildman–Crippen LogP) is 2.98. The molecule has 2 heterocycles. The third-order valence-corrected chi connectivity index (χ3v) is 4.59. The summed E-state index contributed by atoms with van der Waals surface area (Å²) < 4.78 is 0. The molecule has 2 N–H and O–H groups in total. The highest BCUT2D eigenvalue weighted by Gasteiger charge is 2.25. The molecule has 3 rings (SSSR count). The largest absolute Gasteiger partial charge is 0.336 e. The van der Waals surface area contributed by atoms with Gasteiger partial charge in [0.1, 0.15) is 0 Å². The van der Waals surface area contributed by atoms with Gasteiger partial charge < -0.3 is 10.6 Å². The Hall–Kier alpha value is -1.65. The third kappa shape index (κ3) is 2.62. The predicted molar refractivity (Wildman–Crippen MR) is 82.9 cm³/mol. The monoisotopic (exact) mass is 286 g/mol. The first-order valence-corrected chi connectivity index (χ1v) is 7.81. The van der Waals surface area contributed by atoms with E-state index in [1.54, 1.807) is 0 Å². The van der Waals surface area contributed by atoms with E-state index >= 15 is 0 Å². The van der Waals surface area contributed by atoms with Crippen molar-refractivity contribution in [2.45, 2.75) is 18.9 Å². The van der Waals surface area contributed by atoms with Gasteiger partial charge in [0, 0.05) is 24.7 Å². The molecule has 1 unspecified atom stereocenters. The fraction of sp³-hybridized carbons (Fsp3) is 0.312. The van der Waals surface area contributed by atoms with Crippen LogP contribution in [0.2, 0.25) is 0 Å². The standard InChI is InChI=1S/C16H18N2OS/c17-13-7-4-9-18(11-13)16(19)15-14(8-10-20-15)12-5-2-1-3-6-12/h1-3,5-6,8,10,13H,4,7,9,11,17H2. The first-order chi connectivity index (χ1) is 9.75. The summed E-state index contributed by atoms with van der Waals surface area (Å²) in [4.78, 5) is 15.4. The van der Waals surface area contributed by atoms with Crippen LogP contribution in [0.3, 0.4) is 0 Å². The zero-order valence-electron chi connectivity index (χ0n) is 11.3. The maximum Gasteiger partial charge on any atom is 0.264 e. The number of rotatable bonds is 2. The van der Waals surface area contributed by atoms with Crippen LogP contribution in [0.15, 0.2) is 41.8 Å². The zero-order chi connectivity index (χ0) is 13.9. The van der Waals surface area contributed by atoms with Crippen molar-refractivity contribution in [3.05, 3.63) is 46.7 Å². The van der Waals surface area contributed by atoms with Crippen molar-refractivity contribution in [3.63, 3.8) is 0 Å². The van der Waals surface area contributed by atoms with Crippen LogP contribution < -0.4 is 5.73 Å². The average Bonchev–Trinajstić information content (AvgIpc) is 2.97. The molecule has 0 bridgehead atoms. The molecule has 2 aromatic rings. The van der Waals surface area contributed by atoms with Gasteiger partial charge in [-0.1, -0.05) is 30.3 Å². The maximum absolute atomic E-state index is 12.7. The Morgan fingerprint density at radius 1 is 1.25 bits per heavy atom. The van der Waals surface area contributed by atoms with Gasteiger partial charge in [-0.2, -0.15) is 0 Å². The van der Waals surface area contributed by atoms with Crippen LogP contribution in [0.1, 0.15) is 22.5 Å². The smallest absolute Gasteiger partial charge is 0.264 e. The van der Waals surface area contributed by atoms with Crippen LogP contribution in [0, 0.1) is 0 Å². The molecular weight excluding hydrogens is 268 g/mol. The van der Waals surface area contributed by atoms with Gasteiger partial charge in [-0.25, -0.2) is 0 Å². The van der Waals surface area contributed by atoms with Crippen LogP contribution in [0.4, 0.5) is 0 Å². The number of nitrogens with zero attached hydrogens (tertiary/aromatic N) is 1. The van der Waals surface area contributed by atoms with Crippen molar-refractivity contribution in [3.8, 4) is 11.1 Å². The Bertz CT molecular complexity index is 594. The van der Waals surface area contributed by atoms with Crippen molar-refractivity contribution in [1.29, 1.82) is 0 Å². The number of hydrogen-bond donors (Lipinski definition) is 1. The van der Waals surface area contributed by atoms with E-state index in [0.29, 0.717) is 6.54 Å². The minimum absolute atomic E-state index is 0.118. The number of carbonyl (C=O) groups is 1. The molecule has 1 aliphatic rings. The Balaban J connectivity index is 1.88. The number of nitrogens with two attached hydrogens (primary N) is 1. The highest BCUT2D eigenvalue weighted by atomic mass is 32.1. The molecule has 0 spiro atoms. The van der Waals surface area contributed by atoms with Crippen molar-refractivity contribution < 1.29 is 4.79 Å². The summed E-state index contributed by atoms with van der Waals surface area (Å²) in [6.45, 7) is 1.49. The molecule has 104 valence electrons. The number of hydrogen-bond acceptors (Lipinski definition) is 3. The lowest BCUT2D eigenvalue weighted by Gasteiger charge is -2.30. The molecule has 1 atom stereocenters. The number of benzene rings is 1. The van der Waals surface area contributed by atoms with Gasteiger partial charge in [0.15, 0.2) is 0 Å². The number of likely N-dealkylation sites (tertiary alicyclic amines) is 1. The molecule has 1 aromatic heterocycles. The molecule has 3 nitrogen and oxygen atoms in total. The molecule has 1 aliphatic heterocycles. The van der Waals surface area contributed by atoms with Gasteiger partial charge in [-0.05, 0) is 29.9 Å². The van der Waals surface area contributed by atoms with E-state index in [2.05, 4.69) is 0 Å². The second kappa shape index (κ2) is 5.77.